The van der Waals surface area contributed by atoms with Gasteiger partial charge in [-0.1, -0.05) is 231 Å². The molecule has 0 heterocycles. The molecular weight excluding hydrogens is 771 g/mol. The van der Waals surface area contributed by atoms with Gasteiger partial charge >= 0.3 is 0 Å². The standard InChI is InChI=1S/C63H45N/c1-62(45-25-8-3-9-26-45)55-36-18-14-32-50(55)51-42-41-48(43-58(51)62)64(59-39-20-16-31-49(59)44-23-6-2-7-24-44)60-40-21-17-33-52(60)53-35-22-38-57-61(53)54-34-15-19-37-56(54)63(57,46-27-10-4-11-28-46)47-29-12-5-13-30-47/h2-43H,1H3. The Balaban J connectivity index is 1.14. The molecule has 0 N–H and O–H groups in total. The highest BCUT2D eigenvalue weighted by Crippen LogP contribution is 2.60. The van der Waals surface area contributed by atoms with Gasteiger partial charge in [0.25, 0.3) is 0 Å². The number of para-hydroxylation sites is 2. The van der Waals surface area contributed by atoms with Crippen LogP contribution in [0.5, 0.6) is 0 Å². The average molecular weight is 816 g/mol. The number of nitrogens with zero attached hydrogens (tertiary/aromatic N) is 1. The zero-order valence-corrected chi connectivity index (χ0v) is 35.7. The Kier molecular flexibility index (Phi) is 8.91. The molecular formula is C63H45N. The second-order valence-electron chi connectivity index (χ2n) is 17.3. The maximum atomic E-state index is 2.52. The molecule has 0 spiro atoms. The monoisotopic (exact) mass is 815 g/mol. The molecule has 0 amide bonds. The minimum atomic E-state index is -0.504. The number of hydrogen-bond acceptors (Lipinski definition) is 1. The SMILES string of the molecule is CC1(c2ccccc2)c2ccccc2-c2ccc(N(c3ccccc3-c3ccccc3)c3ccccc3-c3cccc4c3-c3ccccc3C4(c3ccccc3)c3ccccc3)cc21. The van der Waals surface area contributed by atoms with Gasteiger partial charge in [0.05, 0.1) is 16.8 Å². The summed E-state index contributed by atoms with van der Waals surface area (Å²) in [6, 6.07) is 94.2. The summed E-state index contributed by atoms with van der Waals surface area (Å²) in [6.07, 6.45) is 0. The molecule has 64 heavy (non-hydrogen) atoms. The fourth-order valence-electron chi connectivity index (χ4n) is 11.3. The van der Waals surface area contributed by atoms with Crippen molar-refractivity contribution in [2.45, 2.75) is 17.8 Å². The second-order valence-corrected chi connectivity index (χ2v) is 17.3. The van der Waals surface area contributed by atoms with Crippen LogP contribution in [0.25, 0.3) is 44.5 Å². The first-order valence-electron chi connectivity index (χ1n) is 22.4. The molecule has 10 aromatic rings. The Morgan fingerprint density at radius 1 is 0.297 bits per heavy atom. The lowest BCUT2D eigenvalue weighted by molar-refractivity contribution is 0.714. The van der Waals surface area contributed by atoms with Crippen LogP contribution in [-0.4, -0.2) is 0 Å². The van der Waals surface area contributed by atoms with Crippen LogP contribution in [0.15, 0.2) is 255 Å². The molecule has 12 rings (SSSR count). The molecule has 1 nitrogen and oxygen atoms in total. The highest BCUT2D eigenvalue weighted by molar-refractivity contribution is 6.01. The number of hydrogen-bond donors (Lipinski definition) is 0. The highest BCUT2D eigenvalue weighted by atomic mass is 15.1. The van der Waals surface area contributed by atoms with E-state index in [-0.39, 0.29) is 5.41 Å². The van der Waals surface area contributed by atoms with Crippen molar-refractivity contribution in [3.05, 3.63) is 294 Å². The molecule has 0 aliphatic heterocycles. The molecule has 0 aromatic heterocycles. The minimum Gasteiger partial charge on any atom is -0.309 e. The van der Waals surface area contributed by atoms with E-state index in [0.717, 1.165) is 17.1 Å². The van der Waals surface area contributed by atoms with Gasteiger partial charge in [-0.25, -0.2) is 0 Å². The fraction of sp³-hybridized carbons (Fsp3) is 0.0476. The summed E-state index contributed by atoms with van der Waals surface area (Å²) in [6.45, 7) is 2.41. The minimum absolute atomic E-state index is 0.352. The van der Waals surface area contributed by atoms with Gasteiger partial charge in [0.1, 0.15) is 0 Å². The Hall–Kier alpha value is -8.00. The summed E-state index contributed by atoms with van der Waals surface area (Å²) < 4.78 is 0. The molecule has 1 atom stereocenters. The Bertz CT molecular complexity index is 3300. The Labute approximate surface area is 376 Å². The van der Waals surface area contributed by atoms with E-state index in [2.05, 4.69) is 267 Å². The first-order valence-corrected chi connectivity index (χ1v) is 22.4. The molecule has 0 bridgehead atoms. The zero-order chi connectivity index (χ0) is 42.7. The van der Waals surface area contributed by atoms with E-state index in [0.29, 0.717) is 0 Å². The fourth-order valence-corrected chi connectivity index (χ4v) is 11.3. The van der Waals surface area contributed by atoms with E-state index in [4.69, 9.17) is 0 Å². The second kappa shape index (κ2) is 15.1. The summed E-state index contributed by atoms with van der Waals surface area (Å²) in [5, 5.41) is 0. The first kappa shape index (κ1) is 37.7. The maximum absolute atomic E-state index is 2.52. The van der Waals surface area contributed by atoms with Crippen LogP contribution in [0.3, 0.4) is 0 Å². The van der Waals surface area contributed by atoms with E-state index >= 15 is 0 Å². The van der Waals surface area contributed by atoms with Crippen molar-refractivity contribution in [2.24, 2.45) is 0 Å². The molecule has 2 aliphatic rings. The van der Waals surface area contributed by atoms with Crippen LogP contribution in [0.2, 0.25) is 0 Å². The molecule has 2 aliphatic carbocycles. The van der Waals surface area contributed by atoms with Gasteiger partial charge < -0.3 is 4.90 Å². The summed E-state index contributed by atoms with van der Waals surface area (Å²) >= 11 is 0. The normalized spacial score (nSPS) is 15.1. The van der Waals surface area contributed by atoms with Gasteiger partial charge in [-0.15, -0.1) is 0 Å². The molecule has 0 fully saturated rings. The lowest BCUT2D eigenvalue weighted by atomic mass is 9.67. The van der Waals surface area contributed by atoms with Crippen molar-refractivity contribution in [1.29, 1.82) is 0 Å². The number of anilines is 3. The highest BCUT2D eigenvalue weighted by Gasteiger charge is 2.47. The van der Waals surface area contributed by atoms with Gasteiger partial charge in [-0.3, -0.25) is 0 Å². The van der Waals surface area contributed by atoms with Gasteiger partial charge in [-0.05, 0) is 104 Å². The average Bonchev–Trinajstić information content (AvgIpc) is 3.83. The van der Waals surface area contributed by atoms with Gasteiger partial charge in [0, 0.05) is 22.2 Å². The van der Waals surface area contributed by atoms with E-state index in [1.165, 1.54) is 83.5 Å². The van der Waals surface area contributed by atoms with Crippen LogP contribution >= 0.6 is 0 Å². The van der Waals surface area contributed by atoms with E-state index < -0.39 is 5.41 Å². The predicted molar refractivity (Wildman–Crippen MR) is 267 cm³/mol. The van der Waals surface area contributed by atoms with Gasteiger partial charge in [0.15, 0.2) is 0 Å². The molecule has 0 radical (unpaired) electrons. The van der Waals surface area contributed by atoms with Crippen molar-refractivity contribution < 1.29 is 0 Å². The van der Waals surface area contributed by atoms with Crippen molar-refractivity contribution >= 4 is 17.1 Å². The van der Waals surface area contributed by atoms with Crippen molar-refractivity contribution in [2.75, 3.05) is 4.90 Å². The summed E-state index contributed by atoms with van der Waals surface area (Å²) in [5.41, 5.74) is 21.4. The Morgan fingerprint density at radius 2 is 0.750 bits per heavy atom. The smallest absolute Gasteiger partial charge is 0.0713 e. The lowest BCUT2D eigenvalue weighted by Gasteiger charge is -2.34. The van der Waals surface area contributed by atoms with Crippen molar-refractivity contribution in [3.8, 4) is 44.5 Å². The van der Waals surface area contributed by atoms with E-state index in [1.54, 1.807) is 0 Å². The van der Waals surface area contributed by atoms with Crippen LogP contribution < -0.4 is 4.90 Å². The van der Waals surface area contributed by atoms with Crippen LogP contribution in [-0.2, 0) is 10.8 Å². The van der Waals surface area contributed by atoms with Crippen molar-refractivity contribution in [3.63, 3.8) is 0 Å². The largest absolute Gasteiger partial charge is 0.309 e. The zero-order valence-electron chi connectivity index (χ0n) is 35.7. The van der Waals surface area contributed by atoms with Crippen LogP contribution in [0.4, 0.5) is 17.1 Å². The van der Waals surface area contributed by atoms with Gasteiger partial charge in [-0.2, -0.15) is 0 Å². The molecule has 10 aromatic carbocycles. The summed E-state index contributed by atoms with van der Waals surface area (Å²) in [7, 11) is 0. The molecule has 1 heteroatoms. The van der Waals surface area contributed by atoms with Crippen molar-refractivity contribution in [1.82, 2.24) is 0 Å². The quantitative estimate of drug-likeness (QED) is 0.148. The van der Waals surface area contributed by atoms with Gasteiger partial charge in [0.2, 0.25) is 0 Å². The van der Waals surface area contributed by atoms with E-state index in [1.807, 2.05) is 0 Å². The lowest BCUT2D eigenvalue weighted by Crippen LogP contribution is -2.28. The van der Waals surface area contributed by atoms with Crippen LogP contribution in [0.1, 0.15) is 45.9 Å². The topological polar surface area (TPSA) is 3.24 Å². The molecule has 0 saturated heterocycles. The molecule has 302 valence electrons. The number of rotatable bonds is 8. The molecule has 1 unspecified atom stereocenters. The molecule has 0 saturated carbocycles. The third-order valence-electron chi connectivity index (χ3n) is 14.1. The third kappa shape index (κ3) is 5.57. The first-order chi connectivity index (χ1) is 31.7. The number of benzene rings is 10. The summed E-state index contributed by atoms with van der Waals surface area (Å²) in [4.78, 5) is 2.52. The third-order valence-corrected chi connectivity index (χ3v) is 14.1. The van der Waals surface area contributed by atoms with E-state index in [9.17, 15) is 0 Å². The number of fused-ring (bicyclic) bond motifs is 6. The summed E-state index contributed by atoms with van der Waals surface area (Å²) in [5.74, 6) is 0. The van der Waals surface area contributed by atoms with Crippen LogP contribution in [0, 0.1) is 0 Å². The predicted octanol–water partition coefficient (Wildman–Crippen LogP) is 16.2. The maximum Gasteiger partial charge on any atom is 0.0713 e. The Morgan fingerprint density at radius 3 is 1.41 bits per heavy atom.